The molecular weight excluding hydrogens is 144 g/mol. The minimum Gasteiger partial charge on any atom is -0.512 e. The van der Waals surface area contributed by atoms with Crippen molar-refractivity contribution in [3.05, 3.63) is 23.4 Å². The standard InChI is InChI=1S/C8H12O3/c1-5-3-6(9)4-7(10)8(5)11-2/h4-5,9-10H,3H2,1-2H3. The van der Waals surface area contributed by atoms with Gasteiger partial charge in [0.15, 0.2) is 5.76 Å². The van der Waals surface area contributed by atoms with Gasteiger partial charge in [-0.3, -0.25) is 0 Å². The smallest absolute Gasteiger partial charge is 0.156 e. The number of aliphatic hydroxyl groups excluding tert-OH is 2. The van der Waals surface area contributed by atoms with Crippen LogP contribution in [0.1, 0.15) is 13.3 Å². The van der Waals surface area contributed by atoms with E-state index in [0.29, 0.717) is 12.2 Å². The molecule has 3 nitrogen and oxygen atoms in total. The largest absolute Gasteiger partial charge is 0.512 e. The third kappa shape index (κ3) is 1.48. The van der Waals surface area contributed by atoms with Crippen molar-refractivity contribution in [3.63, 3.8) is 0 Å². The SMILES string of the molecule is COC1=C(O)C=C(O)CC1C. The van der Waals surface area contributed by atoms with Gasteiger partial charge in [-0.05, 0) is 0 Å². The zero-order valence-corrected chi connectivity index (χ0v) is 6.66. The summed E-state index contributed by atoms with van der Waals surface area (Å²) in [6, 6.07) is 0. The number of allylic oxidation sites excluding steroid dienone is 3. The van der Waals surface area contributed by atoms with Crippen LogP contribution >= 0.6 is 0 Å². The Morgan fingerprint density at radius 2 is 2.18 bits per heavy atom. The summed E-state index contributed by atoms with van der Waals surface area (Å²) in [4.78, 5) is 0. The van der Waals surface area contributed by atoms with Gasteiger partial charge in [0.05, 0.1) is 12.9 Å². The van der Waals surface area contributed by atoms with E-state index in [1.54, 1.807) is 0 Å². The Hall–Kier alpha value is -1.12. The van der Waals surface area contributed by atoms with Gasteiger partial charge >= 0.3 is 0 Å². The Kier molecular flexibility index (Phi) is 2.08. The molecule has 1 aliphatic carbocycles. The highest BCUT2D eigenvalue weighted by atomic mass is 16.5. The van der Waals surface area contributed by atoms with Crippen LogP contribution in [0.2, 0.25) is 0 Å². The van der Waals surface area contributed by atoms with Gasteiger partial charge < -0.3 is 14.9 Å². The van der Waals surface area contributed by atoms with Crippen molar-refractivity contribution in [1.29, 1.82) is 0 Å². The van der Waals surface area contributed by atoms with E-state index in [1.165, 1.54) is 13.2 Å². The molecule has 0 radical (unpaired) electrons. The van der Waals surface area contributed by atoms with Crippen LogP contribution in [0.4, 0.5) is 0 Å². The molecule has 0 heterocycles. The van der Waals surface area contributed by atoms with Crippen LogP contribution in [0.15, 0.2) is 23.4 Å². The molecule has 62 valence electrons. The summed E-state index contributed by atoms with van der Waals surface area (Å²) in [6.07, 6.45) is 1.85. The van der Waals surface area contributed by atoms with Gasteiger partial charge in [-0.2, -0.15) is 0 Å². The fourth-order valence-electron chi connectivity index (χ4n) is 1.25. The molecule has 0 aliphatic heterocycles. The summed E-state index contributed by atoms with van der Waals surface area (Å²) < 4.78 is 4.94. The number of hydrogen-bond acceptors (Lipinski definition) is 3. The molecular formula is C8H12O3. The molecule has 0 spiro atoms. The van der Waals surface area contributed by atoms with Crippen molar-refractivity contribution in [1.82, 2.24) is 0 Å². The average Bonchev–Trinajstić information content (AvgIpc) is 1.85. The van der Waals surface area contributed by atoms with Crippen molar-refractivity contribution < 1.29 is 14.9 Å². The van der Waals surface area contributed by atoms with Gasteiger partial charge in [0.25, 0.3) is 0 Å². The summed E-state index contributed by atoms with van der Waals surface area (Å²) in [5.74, 6) is 0.840. The average molecular weight is 156 g/mol. The molecule has 0 bridgehead atoms. The van der Waals surface area contributed by atoms with Crippen molar-refractivity contribution in [2.75, 3.05) is 7.11 Å². The first-order valence-corrected chi connectivity index (χ1v) is 3.51. The first-order valence-electron chi connectivity index (χ1n) is 3.51. The number of ether oxygens (including phenoxy) is 1. The van der Waals surface area contributed by atoms with Crippen LogP contribution in [0.25, 0.3) is 0 Å². The minimum atomic E-state index is 0.0313. The van der Waals surface area contributed by atoms with E-state index < -0.39 is 0 Å². The monoisotopic (exact) mass is 156 g/mol. The maximum Gasteiger partial charge on any atom is 0.156 e. The van der Waals surface area contributed by atoms with Gasteiger partial charge in [0.1, 0.15) is 5.76 Å². The molecule has 1 rings (SSSR count). The minimum absolute atomic E-state index is 0.0313. The van der Waals surface area contributed by atoms with Gasteiger partial charge in [-0.15, -0.1) is 0 Å². The van der Waals surface area contributed by atoms with Crippen molar-refractivity contribution in [2.45, 2.75) is 13.3 Å². The molecule has 2 N–H and O–H groups in total. The number of rotatable bonds is 1. The Bertz CT molecular complexity index is 215. The van der Waals surface area contributed by atoms with E-state index in [4.69, 9.17) is 9.84 Å². The lowest BCUT2D eigenvalue weighted by Gasteiger charge is -2.19. The Morgan fingerprint density at radius 1 is 1.55 bits per heavy atom. The molecule has 0 aromatic carbocycles. The van der Waals surface area contributed by atoms with Crippen LogP contribution in [-0.2, 0) is 4.74 Å². The van der Waals surface area contributed by atoms with Gasteiger partial charge in [0, 0.05) is 18.4 Å². The zero-order chi connectivity index (χ0) is 8.43. The van der Waals surface area contributed by atoms with Gasteiger partial charge in [-0.1, -0.05) is 6.92 Å². The van der Waals surface area contributed by atoms with Crippen molar-refractivity contribution in [2.24, 2.45) is 5.92 Å². The molecule has 0 saturated heterocycles. The van der Waals surface area contributed by atoms with Crippen LogP contribution in [0.3, 0.4) is 0 Å². The highest BCUT2D eigenvalue weighted by Crippen LogP contribution is 2.26. The molecule has 0 aromatic rings. The lowest BCUT2D eigenvalue weighted by atomic mass is 9.98. The van der Waals surface area contributed by atoms with Crippen LogP contribution < -0.4 is 0 Å². The summed E-state index contributed by atoms with van der Waals surface area (Å²) in [6.45, 7) is 1.89. The third-order valence-corrected chi connectivity index (χ3v) is 1.74. The lowest BCUT2D eigenvalue weighted by molar-refractivity contribution is 0.202. The van der Waals surface area contributed by atoms with E-state index >= 15 is 0 Å². The highest BCUT2D eigenvalue weighted by molar-refractivity contribution is 5.24. The molecule has 1 aliphatic rings. The maximum absolute atomic E-state index is 9.23. The Labute approximate surface area is 65.6 Å². The summed E-state index contributed by atoms with van der Waals surface area (Å²) in [7, 11) is 1.51. The van der Waals surface area contributed by atoms with E-state index in [1.807, 2.05) is 6.92 Å². The second-order valence-electron chi connectivity index (χ2n) is 2.69. The fourth-order valence-corrected chi connectivity index (χ4v) is 1.25. The van der Waals surface area contributed by atoms with E-state index in [0.717, 1.165) is 0 Å². The van der Waals surface area contributed by atoms with Crippen molar-refractivity contribution in [3.8, 4) is 0 Å². The number of aliphatic hydroxyl groups is 2. The predicted molar refractivity (Wildman–Crippen MR) is 41.2 cm³/mol. The zero-order valence-electron chi connectivity index (χ0n) is 6.66. The van der Waals surface area contributed by atoms with Crippen molar-refractivity contribution >= 4 is 0 Å². The second-order valence-corrected chi connectivity index (χ2v) is 2.69. The molecule has 11 heavy (non-hydrogen) atoms. The summed E-state index contributed by atoms with van der Waals surface area (Å²) in [5.41, 5.74) is 0. The summed E-state index contributed by atoms with van der Waals surface area (Å²) >= 11 is 0. The van der Waals surface area contributed by atoms with Gasteiger partial charge in [-0.25, -0.2) is 0 Å². The molecule has 0 fully saturated rings. The van der Waals surface area contributed by atoms with Crippen LogP contribution in [-0.4, -0.2) is 17.3 Å². The normalized spacial score (nSPS) is 24.9. The molecule has 0 saturated carbocycles. The lowest BCUT2D eigenvalue weighted by Crippen LogP contribution is -2.10. The first-order chi connectivity index (χ1) is 5.15. The molecule has 3 heteroatoms. The topological polar surface area (TPSA) is 49.7 Å². The Balaban J connectivity index is 2.92. The molecule has 0 aromatic heterocycles. The van der Waals surface area contributed by atoms with E-state index in [9.17, 15) is 5.11 Å². The van der Waals surface area contributed by atoms with E-state index in [-0.39, 0.29) is 17.4 Å². The third-order valence-electron chi connectivity index (χ3n) is 1.74. The Morgan fingerprint density at radius 3 is 2.64 bits per heavy atom. The summed E-state index contributed by atoms with van der Waals surface area (Å²) in [5, 5.41) is 18.3. The molecule has 1 unspecified atom stereocenters. The fraction of sp³-hybridized carbons (Fsp3) is 0.500. The van der Waals surface area contributed by atoms with E-state index in [2.05, 4.69) is 0 Å². The number of hydrogen-bond donors (Lipinski definition) is 2. The maximum atomic E-state index is 9.23. The molecule has 1 atom stereocenters. The molecule has 0 amide bonds. The highest BCUT2D eigenvalue weighted by Gasteiger charge is 2.20. The number of methoxy groups -OCH3 is 1. The first kappa shape index (κ1) is 7.98. The van der Waals surface area contributed by atoms with Crippen LogP contribution in [0, 0.1) is 5.92 Å². The quantitative estimate of drug-likeness (QED) is 0.609. The van der Waals surface area contributed by atoms with Gasteiger partial charge in [0.2, 0.25) is 0 Å². The predicted octanol–water partition coefficient (Wildman–Crippen LogP) is 1.88. The second kappa shape index (κ2) is 2.86. The van der Waals surface area contributed by atoms with Crippen LogP contribution in [0.5, 0.6) is 0 Å².